The molecule has 2 heterocycles. The van der Waals surface area contributed by atoms with Crippen molar-refractivity contribution in [3.63, 3.8) is 0 Å². The van der Waals surface area contributed by atoms with Crippen molar-refractivity contribution in [2.45, 2.75) is 25.3 Å². The number of aromatic nitrogens is 2. The van der Waals surface area contributed by atoms with Crippen LogP contribution >= 0.6 is 0 Å². The summed E-state index contributed by atoms with van der Waals surface area (Å²) in [5.74, 6) is -0.164. The van der Waals surface area contributed by atoms with Crippen LogP contribution in [0.3, 0.4) is 0 Å². The molecule has 24 heavy (non-hydrogen) atoms. The molecule has 2 amide bonds. The molecule has 3 rings (SSSR count). The molecule has 2 aromatic rings. The summed E-state index contributed by atoms with van der Waals surface area (Å²) in [4.78, 5) is 27.2. The van der Waals surface area contributed by atoms with E-state index in [1.165, 1.54) is 0 Å². The lowest BCUT2D eigenvalue weighted by Crippen LogP contribution is -2.59. The number of piperidine rings is 1. The standard InChI is InChI=1S/C18H22N4O2/c1-14-5-7-15(8-6-14)16(23)21-11-3-9-18(13-21,17(24)19-2)22-12-4-10-20-22/h4-8,10,12H,3,9,11,13H2,1-2H3,(H,19,24). The number of carbonyl (C=O) groups excluding carboxylic acids is 2. The van der Waals surface area contributed by atoms with Crippen molar-refractivity contribution in [2.75, 3.05) is 20.1 Å². The van der Waals surface area contributed by atoms with Crippen LogP contribution in [-0.2, 0) is 10.3 Å². The summed E-state index contributed by atoms with van der Waals surface area (Å²) in [6, 6.07) is 9.32. The fourth-order valence-electron chi connectivity index (χ4n) is 3.32. The van der Waals surface area contributed by atoms with E-state index < -0.39 is 5.54 Å². The van der Waals surface area contributed by atoms with Crippen molar-refractivity contribution < 1.29 is 9.59 Å². The van der Waals surface area contributed by atoms with Gasteiger partial charge in [0.2, 0.25) is 5.91 Å². The van der Waals surface area contributed by atoms with Gasteiger partial charge in [-0.05, 0) is 38.0 Å². The van der Waals surface area contributed by atoms with Gasteiger partial charge in [-0.1, -0.05) is 17.7 Å². The molecule has 126 valence electrons. The molecule has 0 radical (unpaired) electrons. The summed E-state index contributed by atoms with van der Waals surface area (Å²) in [7, 11) is 1.62. The van der Waals surface area contributed by atoms with Gasteiger partial charge in [-0.2, -0.15) is 5.10 Å². The smallest absolute Gasteiger partial charge is 0.253 e. The molecule has 1 aromatic carbocycles. The van der Waals surface area contributed by atoms with Crippen LogP contribution < -0.4 is 5.32 Å². The van der Waals surface area contributed by atoms with E-state index in [1.807, 2.05) is 31.2 Å². The number of amides is 2. The van der Waals surface area contributed by atoms with Crippen molar-refractivity contribution in [1.29, 1.82) is 0 Å². The topological polar surface area (TPSA) is 67.2 Å². The summed E-state index contributed by atoms with van der Waals surface area (Å²) in [6.45, 7) is 2.96. The predicted molar refractivity (Wildman–Crippen MR) is 90.6 cm³/mol. The third-order valence-corrected chi connectivity index (χ3v) is 4.65. The highest BCUT2D eigenvalue weighted by Crippen LogP contribution is 2.29. The van der Waals surface area contributed by atoms with Crippen LogP contribution in [0.5, 0.6) is 0 Å². The average Bonchev–Trinajstić information content (AvgIpc) is 3.16. The quantitative estimate of drug-likeness (QED) is 0.931. The molecule has 1 atom stereocenters. The fraction of sp³-hybridized carbons (Fsp3) is 0.389. The Morgan fingerprint density at radius 1 is 1.25 bits per heavy atom. The van der Waals surface area contributed by atoms with Gasteiger partial charge in [0.1, 0.15) is 0 Å². The number of hydrogen-bond donors (Lipinski definition) is 1. The first kappa shape index (κ1) is 16.2. The zero-order valence-electron chi connectivity index (χ0n) is 14.0. The molecule has 1 N–H and O–H groups in total. The number of rotatable bonds is 3. The number of nitrogens with one attached hydrogen (secondary N) is 1. The van der Waals surface area contributed by atoms with Crippen molar-refractivity contribution in [1.82, 2.24) is 20.0 Å². The van der Waals surface area contributed by atoms with Gasteiger partial charge in [-0.25, -0.2) is 0 Å². The third kappa shape index (κ3) is 2.79. The molecule has 1 unspecified atom stereocenters. The lowest BCUT2D eigenvalue weighted by Gasteiger charge is -2.41. The van der Waals surface area contributed by atoms with Crippen molar-refractivity contribution in [2.24, 2.45) is 0 Å². The minimum absolute atomic E-state index is 0.0462. The molecule has 6 nitrogen and oxygen atoms in total. The number of aryl methyl sites for hydroxylation is 1. The minimum Gasteiger partial charge on any atom is -0.357 e. The van der Waals surface area contributed by atoms with E-state index in [4.69, 9.17) is 0 Å². The van der Waals surface area contributed by atoms with Gasteiger partial charge in [0, 0.05) is 31.5 Å². The van der Waals surface area contributed by atoms with Crippen molar-refractivity contribution >= 4 is 11.8 Å². The zero-order valence-corrected chi connectivity index (χ0v) is 14.0. The van der Waals surface area contributed by atoms with Crippen LogP contribution in [-0.4, -0.2) is 46.6 Å². The molecule has 1 aromatic heterocycles. The second kappa shape index (κ2) is 6.47. The van der Waals surface area contributed by atoms with Crippen LogP contribution in [0.4, 0.5) is 0 Å². The molecule has 0 aliphatic carbocycles. The third-order valence-electron chi connectivity index (χ3n) is 4.65. The molecule has 1 fully saturated rings. The highest BCUT2D eigenvalue weighted by molar-refractivity contribution is 5.95. The highest BCUT2D eigenvalue weighted by atomic mass is 16.2. The first-order chi connectivity index (χ1) is 11.6. The van der Waals surface area contributed by atoms with Crippen LogP contribution in [0.2, 0.25) is 0 Å². The van der Waals surface area contributed by atoms with E-state index >= 15 is 0 Å². The van der Waals surface area contributed by atoms with Crippen molar-refractivity contribution in [3.05, 3.63) is 53.9 Å². The number of nitrogens with zero attached hydrogens (tertiary/aromatic N) is 3. The maximum absolute atomic E-state index is 12.8. The Hall–Kier alpha value is -2.63. The Kier molecular flexibility index (Phi) is 4.38. The maximum atomic E-state index is 12.8. The molecule has 0 bridgehead atoms. The van der Waals surface area contributed by atoms with E-state index in [1.54, 1.807) is 35.1 Å². The summed E-state index contributed by atoms with van der Waals surface area (Å²) in [6.07, 6.45) is 4.86. The number of likely N-dealkylation sites (tertiary alicyclic amines) is 1. The summed E-state index contributed by atoms with van der Waals surface area (Å²) in [5.41, 5.74) is 0.909. The second-order valence-electron chi connectivity index (χ2n) is 6.26. The van der Waals surface area contributed by atoms with Gasteiger partial charge in [0.25, 0.3) is 5.91 Å². The largest absolute Gasteiger partial charge is 0.357 e. The highest BCUT2D eigenvalue weighted by Gasteiger charge is 2.45. The van der Waals surface area contributed by atoms with Crippen LogP contribution in [0.1, 0.15) is 28.8 Å². The van der Waals surface area contributed by atoms with E-state index in [2.05, 4.69) is 10.4 Å². The molecular formula is C18H22N4O2. The Labute approximate surface area is 141 Å². The zero-order chi connectivity index (χ0) is 17.2. The van der Waals surface area contributed by atoms with E-state index in [9.17, 15) is 9.59 Å². The second-order valence-corrected chi connectivity index (χ2v) is 6.26. The number of carbonyl (C=O) groups is 2. The lowest BCUT2D eigenvalue weighted by atomic mass is 9.87. The Morgan fingerprint density at radius 2 is 2.00 bits per heavy atom. The van der Waals surface area contributed by atoms with Gasteiger partial charge in [-0.15, -0.1) is 0 Å². The normalized spacial score (nSPS) is 20.7. The van der Waals surface area contributed by atoms with E-state index in [0.717, 1.165) is 12.0 Å². The molecular weight excluding hydrogens is 304 g/mol. The number of likely N-dealkylation sites (N-methyl/N-ethyl adjacent to an activating group) is 1. The van der Waals surface area contributed by atoms with Gasteiger partial charge < -0.3 is 10.2 Å². The predicted octanol–water partition coefficient (Wildman–Crippen LogP) is 1.57. The SMILES string of the molecule is CNC(=O)C1(n2cccn2)CCCN(C(=O)c2ccc(C)cc2)C1. The molecule has 1 aliphatic rings. The van der Waals surface area contributed by atoms with Gasteiger partial charge in [0.05, 0.1) is 6.54 Å². The average molecular weight is 326 g/mol. The molecule has 6 heteroatoms. The minimum atomic E-state index is -0.850. The molecule has 1 aliphatic heterocycles. The summed E-state index contributed by atoms with van der Waals surface area (Å²) in [5, 5.41) is 7.01. The van der Waals surface area contributed by atoms with E-state index in [-0.39, 0.29) is 11.8 Å². The Balaban J connectivity index is 1.90. The van der Waals surface area contributed by atoms with Crippen LogP contribution in [0.25, 0.3) is 0 Å². The molecule has 0 saturated carbocycles. The monoisotopic (exact) mass is 326 g/mol. The first-order valence-electron chi connectivity index (χ1n) is 8.15. The van der Waals surface area contributed by atoms with Gasteiger partial charge in [0.15, 0.2) is 5.54 Å². The maximum Gasteiger partial charge on any atom is 0.253 e. The van der Waals surface area contributed by atoms with E-state index in [0.29, 0.717) is 25.1 Å². The number of hydrogen-bond acceptors (Lipinski definition) is 3. The Morgan fingerprint density at radius 3 is 2.62 bits per heavy atom. The summed E-state index contributed by atoms with van der Waals surface area (Å²) >= 11 is 0. The van der Waals surface area contributed by atoms with Crippen LogP contribution in [0, 0.1) is 6.92 Å². The van der Waals surface area contributed by atoms with Gasteiger partial charge >= 0.3 is 0 Å². The van der Waals surface area contributed by atoms with Crippen molar-refractivity contribution in [3.8, 4) is 0 Å². The number of benzene rings is 1. The van der Waals surface area contributed by atoms with Gasteiger partial charge in [-0.3, -0.25) is 14.3 Å². The van der Waals surface area contributed by atoms with Crippen LogP contribution in [0.15, 0.2) is 42.7 Å². The molecule has 0 spiro atoms. The Bertz CT molecular complexity index is 724. The first-order valence-corrected chi connectivity index (χ1v) is 8.15. The fourth-order valence-corrected chi connectivity index (χ4v) is 3.32. The summed E-state index contributed by atoms with van der Waals surface area (Å²) < 4.78 is 1.68. The molecule has 1 saturated heterocycles. The lowest BCUT2D eigenvalue weighted by molar-refractivity contribution is -0.132.